The zero-order valence-electron chi connectivity index (χ0n) is 14.1. The quantitative estimate of drug-likeness (QED) is 0.916. The van der Waals surface area contributed by atoms with Gasteiger partial charge in [0.05, 0.1) is 6.04 Å². The fourth-order valence-corrected chi connectivity index (χ4v) is 4.51. The maximum atomic E-state index is 12.6. The van der Waals surface area contributed by atoms with Crippen molar-refractivity contribution in [1.29, 1.82) is 0 Å². The Labute approximate surface area is 143 Å². The number of carbonyl (C=O) groups excluding carboxylic acids is 1. The van der Waals surface area contributed by atoms with Crippen molar-refractivity contribution in [2.45, 2.75) is 44.4 Å². The minimum Gasteiger partial charge on any atom is -0.341 e. The van der Waals surface area contributed by atoms with Gasteiger partial charge in [0.25, 0.3) is 0 Å². The van der Waals surface area contributed by atoms with Gasteiger partial charge in [-0.2, -0.15) is 0 Å². The minimum absolute atomic E-state index is 0.0163. The number of nitrogens with zero attached hydrogens (tertiary/aromatic N) is 2. The lowest BCUT2D eigenvalue weighted by Gasteiger charge is -2.41. The van der Waals surface area contributed by atoms with Crippen LogP contribution in [0.1, 0.15) is 25.3 Å². The summed E-state index contributed by atoms with van der Waals surface area (Å²) >= 11 is 1.81. The number of benzene rings is 1. The lowest BCUT2D eigenvalue weighted by Crippen LogP contribution is -2.52. The highest BCUT2D eigenvalue weighted by atomic mass is 32.2. The van der Waals surface area contributed by atoms with Gasteiger partial charge >= 0.3 is 0 Å². The summed E-state index contributed by atoms with van der Waals surface area (Å²) in [6, 6.07) is 11.6. The molecule has 1 amide bonds. The molecule has 2 aliphatic rings. The Morgan fingerprint density at radius 2 is 2.17 bits per heavy atom. The molecule has 0 saturated carbocycles. The van der Waals surface area contributed by atoms with Crippen LogP contribution in [0, 0.1) is 0 Å². The van der Waals surface area contributed by atoms with Gasteiger partial charge < -0.3 is 4.90 Å². The number of carbonyl (C=O) groups is 1. The van der Waals surface area contributed by atoms with Gasteiger partial charge in [0.15, 0.2) is 0 Å². The molecule has 3 atom stereocenters. The van der Waals surface area contributed by atoms with Crippen LogP contribution in [0.2, 0.25) is 0 Å². The zero-order valence-corrected chi connectivity index (χ0v) is 14.9. The third kappa shape index (κ3) is 4.08. The Hall–Kier alpha value is -1.04. The van der Waals surface area contributed by atoms with E-state index in [2.05, 4.69) is 47.5 Å². The molecule has 126 valence electrons. The molecule has 0 radical (unpaired) electrons. The molecule has 0 unspecified atom stereocenters. The molecule has 3 rings (SSSR count). The first-order valence-corrected chi connectivity index (χ1v) is 9.66. The Morgan fingerprint density at radius 3 is 2.83 bits per heavy atom. The van der Waals surface area contributed by atoms with Gasteiger partial charge in [-0.15, -0.1) is 11.8 Å². The van der Waals surface area contributed by atoms with E-state index in [0.717, 1.165) is 37.6 Å². The van der Waals surface area contributed by atoms with E-state index in [-0.39, 0.29) is 11.9 Å². The van der Waals surface area contributed by atoms with Crippen LogP contribution in [0.4, 0.5) is 0 Å². The van der Waals surface area contributed by atoms with Crippen molar-refractivity contribution in [3.8, 4) is 0 Å². The van der Waals surface area contributed by atoms with Crippen LogP contribution >= 0.6 is 11.8 Å². The molecule has 0 bridgehead atoms. The fourth-order valence-electron chi connectivity index (χ4n) is 3.58. The van der Waals surface area contributed by atoms with Crippen molar-refractivity contribution >= 4 is 17.7 Å². The van der Waals surface area contributed by atoms with Gasteiger partial charge in [0.2, 0.25) is 5.91 Å². The monoisotopic (exact) mass is 333 g/mol. The number of likely N-dealkylation sites (tertiary alicyclic amines) is 1. The number of piperidine rings is 1. The molecule has 0 aliphatic carbocycles. The molecule has 4 nitrogen and oxygen atoms in total. The first kappa shape index (κ1) is 16.8. The average Bonchev–Trinajstić information content (AvgIpc) is 3.11. The van der Waals surface area contributed by atoms with Crippen molar-refractivity contribution in [3.05, 3.63) is 35.9 Å². The van der Waals surface area contributed by atoms with Crippen LogP contribution in [0.15, 0.2) is 30.3 Å². The molecule has 0 aromatic heterocycles. The molecule has 2 aliphatic heterocycles. The summed E-state index contributed by atoms with van der Waals surface area (Å²) in [6.07, 6.45) is 2.13. The van der Waals surface area contributed by atoms with Crippen LogP contribution < -0.4 is 5.32 Å². The Bertz CT molecular complexity index is 518. The largest absolute Gasteiger partial charge is 0.341 e. The predicted octanol–water partition coefficient (Wildman–Crippen LogP) is 2.16. The summed E-state index contributed by atoms with van der Waals surface area (Å²) in [7, 11) is 1.98. The molecule has 23 heavy (non-hydrogen) atoms. The van der Waals surface area contributed by atoms with E-state index in [1.54, 1.807) is 0 Å². The van der Waals surface area contributed by atoms with E-state index in [4.69, 9.17) is 0 Å². The lowest BCUT2D eigenvalue weighted by atomic mass is 9.96. The summed E-state index contributed by atoms with van der Waals surface area (Å²) in [4.78, 5) is 17.1. The summed E-state index contributed by atoms with van der Waals surface area (Å²) in [5.41, 5.74) is 1.37. The molecule has 1 aromatic rings. The summed E-state index contributed by atoms with van der Waals surface area (Å²) in [5, 5.41) is 3.29. The molecule has 2 saturated heterocycles. The molecule has 1 N–H and O–H groups in total. The van der Waals surface area contributed by atoms with Crippen molar-refractivity contribution in [2.75, 3.05) is 25.2 Å². The number of likely N-dealkylation sites (N-methyl/N-ethyl adjacent to an activating group) is 1. The van der Waals surface area contributed by atoms with E-state index >= 15 is 0 Å². The fraction of sp³-hybridized carbons (Fsp3) is 0.611. The molecule has 2 heterocycles. The number of nitrogens with one attached hydrogen (secondary N) is 1. The molecule has 0 spiro atoms. The average molecular weight is 334 g/mol. The summed E-state index contributed by atoms with van der Waals surface area (Å²) in [5.74, 6) is 2.07. The van der Waals surface area contributed by atoms with Gasteiger partial charge in [-0.3, -0.25) is 15.0 Å². The smallest absolute Gasteiger partial charge is 0.240 e. The minimum atomic E-state index is 0.0163. The second-order valence-corrected chi connectivity index (χ2v) is 7.73. The van der Waals surface area contributed by atoms with E-state index in [1.807, 2.05) is 23.7 Å². The molecule has 1 aromatic carbocycles. The Kier molecular flexibility index (Phi) is 5.62. The van der Waals surface area contributed by atoms with Gasteiger partial charge in [-0.25, -0.2) is 0 Å². The highest BCUT2D eigenvalue weighted by Crippen LogP contribution is 2.24. The third-order valence-corrected chi connectivity index (χ3v) is 6.06. The standard InChI is InChI=1S/C18H27N3OS/c1-14-10-16(20(2)18(22)17-12-23-13-19-17)8-9-21(14)11-15-6-4-3-5-7-15/h3-7,14,16-17,19H,8-13H2,1-2H3/t14-,16+,17-/m1/s1. The number of rotatable bonds is 4. The maximum absolute atomic E-state index is 12.6. The second kappa shape index (κ2) is 7.69. The van der Waals surface area contributed by atoms with Crippen molar-refractivity contribution in [1.82, 2.24) is 15.1 Å². The van der Waals surface area contributed by atoms with Crippen LogP contribution in [0.5, 0.6) is 0 Å². The third-order valence-electron chi connectivity index (χ3n) is 5.12. The molecular weight excluding hydrogens is 306 g/mol. The Balaban J connectivity index is 1.54. The van der Waals surface area contributed by atoms with Crippen LogP contribution in [-0.2, 0) is 11.3 Å². The molecular formula is C18H27N3OS. The first-order valence-electron chi connectivity index (χ1n) is 8.51. The van der Waals surface area contributed by atoms with Gasteiger partial charge in [0, 0.05) is 43.9 Å². The normalized spacial score (nSPS) is 28.7. The van der Waals surface area contributed by atoms with Crippen molar-refractivity contribution in [3.63, 3.8) is 0 Å². The summed E-state index contributed by atoms with van der Waals surface area (Å²) < 4.78 is 0. The van der Waals surface area contributed by atoms with Crippen LogP contribution in [0.25, 0.3) is 0 Å². The number of amides is 1. The predicted molar refractivity (Wildman–Crippen MR) is 96.4 cm³/mol. The highest BCUT2D eigenvalue weighted by Gasteiger charge is 2.33. The Morgan fingerprint density at radius 1 is 1.39 bits per heavy atom. The van der Waals surface area contributed by atoms with Crippen molar-refractivity contribution in [2.24, 2.45) is 0 Å². The van der Waals surface area contributed by atoms with E-state index in [9.17, 15) is 4.79 Å². The van der Waals surface area contributed by atoms with Gasteiger partial charge in [-0.05, 0) is 25.3 Å². The molecule has 5 heteroatoms. The SMILES string of the molecule is C[C@@H]1C[C@@H](N(C)C(=O)[C@H]2CSCN2)CCN1Cc1ccccc1. The van der Waals surface area contributed by atoms with Crippen molar-refractivity contribution < 1.29 is 4.79 Å². The zero-order chi connectivity index (χ0) is 16.2. The van der Waals surface area contributed by atoms with E-state index < -0.39 is 0 Å². The van der Waals surface area contributed by atoms with Crippen LogP contribution in [0.3, 0.4) is 0 Å². The number of hydrogen-bond acceptors (Lipinski definition) is 4. The number of thioether (sulfide) groups is 1. The highest BCUT2D eigenvalue weighted by molar-refractivity contribution is 7.99. The van der Waals surface area contributed by atoms with Gasteiger partial charge in [-0.1, -0.05) is 30.3 Å². The first-order chi connectivity index (χ1) is 11.1. The summed E-state index contributed by atoms with van der Waals surface area (Å²) in [6.45, 7) is 4.36. The van der Waals surface area contributed by atoms with Gasteiger partial charge in [0.1, 0.15) is 0 Å². The maximum Gasteiger partial charge on any atom is 0.240 e. The molecule has 2 fully saturated rings. The van der Waals surface area contributed by atoms with E-state index in [1.165, 1.54) is 5.56 Å². The van der Waals surface area contributed by atoms with Crippen LogP contribution in [-0.4, -0.2) is 59.1 Å². The lowest BCUT2D eigenvalue weighted by molar-refractivity contribution is -0.134. The topological polar surface area (TPSA) is 35.6 Å². The van der Waals surface area contributed by atoms with E-state index in [0.29, 0.717) is 12.1 Å². The second-order valence-electron chi connectivity index (χ2n) is 6.70. The number of hydrogen-bond donors (Lipinski definition) is 1.